The standard InChI is InChI=1S/C24H21N3O4/c25-12-16-5-1-4-8-22(16)30-15-19-9-10-23(31-19)24(29)27-18(14-28)11-17-13-26-21-7-3-2-6-20(17)21/h1-10,13,18,26,28H,11,14-15H2,(H,27,29). The van der Waals surface area contributed by atoms with E-state index < -0.39 is 11.9 Å². The first kappa shape index (κ1) is 20.3. The maximum atomic E-state index is 12.6. The summed E-state index contributed by atoms with van der Waals surface area (Å²) in [5.41, 5.74) is 2.45. The lowest BCUT2D eigenvalue weighted by Crippen LogP contribution is -2.38. The number of furan rings is 1. The van der Waals surface area contributed by atoms with Crippen molar-refractivity contribution >= 4 is 16.8 Å². The molecule has 0 aliphatic rings. The van der Waals surface area contributed by atoms with Crippen LogP contribution in [0.15, 0.2) is 71.3 Å². The van der Waals surface area contributed by atoms with Crippen molar-refractivity contribution in [1.29, 1.82) is 5.26 Å². The van der Waals surface area contributed by atoms with Crippen LogP contribution in [0.5, 0.6) is 5.75 Å². The second-order valence-corrected chi connectivity index (χ2v) is 7.08. The van der Waals surface area contributed by atoms with E-state index in [1.165, 1.54) is 0 Å². The smallest absolute Gasteiger partial charge is 0.287 e. The zero-order valence-corrected chi connectivity index (χ0v) is 16.7. The summed E-state index contributed by atoms with van der Waals surface area (Å²) in [4.78, 5) is 15.8. The van der Waals surface area contributed by atoms with Gasteiger partial charge in [0.15, 0.2) is 5.76 Å². The molecule has 1 atom stereocenters. The topological polar surface area (TPSA) is 111 Å². The molecule has 31 heavy (non-hydrogen) atoms. The number of nitriles is 1. The molecule has 2 aromatic carbocycles. The number of hydrogen-bond acceptors (Lipinski definition) is 5. The first-order valence-corrected chi connectivity index (χ1v) is 9.85. The molecule has 0 spiro atoms. The summed E-state index contributed by atoms with van der Waals surface area (Å²) in [7, 11) is 0. The Bertz CT molecular complexity index is 1230. The predicted octanol–water partition coefficient (Wildman–Crippen LogP) is 3.54. The average molecular weight is 415 g/mol. The summed E-state index contributed by atoms with van der Waals surface area (Å²) in [6.45, 7) is -0.113. The number of hydrogen-bond donors (Lipinski definition) is 3. The van der Waals surface area contributed by atoms with Gasteiger partial charge >= 0.3 is 0 Å². The summed E-state index contributed by atoms with van der Waals surface area (Å²) in [5.74, 6) is 0.619. The molecular formula is C24H21N3O4. The Morgan fingerprint density at radius 1 is 1.16 bits per heavy atom. The molecule has 0 aliphatic heterocycles. The molecular weight excluding hydrogens is 394 g/mol. The number of aromatic nitrogens is 1. The van der Waals surface area contributed by atoms with Crippen LogP contribution in [0, 0.1) is 11.3 Å². The second-order valence-electron chi connectivity index (χ2n) is 7.08. The van der Waals surface area contributed by atoms with E-state index in [0.29, 0.717) is 23.5 Å². The largest absolute Gasteiger partial charge is 0.484 e. The molecule has 3 N–H and O–H groups in total. The molecule has 2 aromatic heterocycles. The molecule has 4 aromatic rings. The number of ether oxygens (including phenoxy) is 1. The van der Waals surface area contributed by atoms with Crippen LogP contribution in [-0.2, 0) is 13.0 Å². The number of nitrogens with one attached hydrogen (secondary N) is 2. The van der Waals surface area contributed by atoms with Gasteiger partial charge in [-0.05, 0) is 42.3 Å². The zero-order valence-electron chi connectivity index (χ0n) is 16.7. The number of amides is 1. The van der Waals surface area contributed by atoms with Crippen molar-refractivity contribution < 1.29 is 19.1 Å². The summed E-state index contributed by atoms with van der Waals surface area (Å²) in [6.07, 6.45) is 2.37. The summed E-state index contributed by atoms with van der Waals surface area (Å²) in [6, 6.07) is 19.6. The fourth-order valence-electron chi connectivity index (χ4n) is 3.39. The number of carbonyl (C=O) groups is 1. The summed E-state index contributed by atoms with van der Waals surface area (Å²) in [5, 5.41) is 22.7. The summed E-state index contributed by atoms with van der Waals surface area (Å²) >= 11 is 0. The third-order valence-electron chi connectivity index (χ3n) is 4.96. The maximum Gasteiger partial charge on any atom is 0.287 e. The van der Waals surface area contributed by atoms with Crippen molar-refractivity contribution in [2.75, 3.05) is 6.61 Å². The van der Waals surface area contributed by atoms with E-state index in [1.54, 1.807) is 36.4 Å². The van der Waals surface area contributed by atoms with Gasteiger partial charge in [0.2, 0.25) is 0 Å². The van der Waals surface area contributed by atoms with Crippen LogP contribution in [0.2, 0.25) is 0 Å². The number of fused-ring (bicyclic) bond motifs is 1. The lowest BCUT2D eigenvalue weighted by molar-refractivity contribution is 0.0884. The number of rotatable bonds is 8. The first-order valence-electron chi connectivity index (χ1n) is 9.85. The van der Waals surface area contributed by atoms with Gasteiger partial charge in [-0.2, -0.15) is 5.26 Å². The molecule has 1 unspecified atom stereocenters. The van der Waals surface area contributed by atoms with E-state index in [-0.39, 0.29) is 19.0 Å². The van der Waals surface area contributed by atoms with Crippen molar-refractivity contribution in [2.45, 2.75) is 19.1 Å². The van der Waals surface area contributed by atoms with Gasteiger partial charge in [0.05, 0.1) is 18.2 Å². The molecule has 0 aliphatic carbocycles. The van der Waals surface area contributed by atoms with Crippen molar-refractivity contribution in [2.24, 2.45) is 0 Å². The SMILES string of the molecule is N#Cc1ccccc1OCc1ccc(C(=O)NC(CO)Cc2c[nH]c3ccccc23)o1. The number of benzene rings is 2. The van der Waals surface area contributed by atoms with Gasteiger partial charge in [0, 0.05) is 17.1 Å². The molecule has 0 saturated heterocycles. The molecule has 7 heteroatoms. The highest BCUT2D eigenvalue weighted by molar-refractivity contribution is 5.91. The average Bonchev–Trinajstić information content (AvgIpc) is 3.45. The van der Waals surface area contributed by atoms with Gasteiger partial charge in [0.25, 0.3) is 5.91 Å². The number of aromatic amines is 1. The quantitative estimate of drug-likeness (QED) is 0.408. The molecule has 1 amide bonds. The van der Waals surface area contributed by atoms with Gasteiger partial charge in [-0.1, -0.05) is 30.3 Å². The number of aliphatic hydroxyl groups is 1. The van der Waals surface area contributed by atoms with Gasteiger partial charge < -0.3 is 24.6 Å². The Balaban J connectivity index is 1.38. The number of nitrogens with zero attached hydrogens (tertiary/aromatic N) is 1. The Morgan fingerprint density at radius 2 is 1.97 bits per heavy atom. The lowest BCUT2D eigenvalue weighted by Gasteiger charge is -2.15. The van der Waals surface area contributed by atoms with Gasteiger partial charge in [-0.15, -0.1) is 0 Å². The fraction of sp³-hybridized carbons (Fsp3) is 0.167. The van der Waals surface area contributed by atoms with Crippen LogP contribution >= 0.6 is 0 Å². The molecule has 156 valence electrons. The highest BCUT2D eigenvalue weighted by Gasteiger charge is 2.18. The van der Waals surface area contributed by atoms with Crippen molar-refractivity contribution in [3.8, 4) is 11.8 Å². The molecule has 0 saturated carbocycles. The van der Waals surface area contributed by atoms with E-state index in [9.17, 15) is 9.90 Å². The molecule has 0 radical (unpaired) electrons. The third-order valence-corrected chi connectivity index (χ3v) is 4.96. The number of carbonyl (C=O) groups excluding carboxylic acids is 1. The van der Waals surface area contributed by atoms with E-state index in [2.05, 4.69) is 16.4 Å². The Labute approximate surface area is 178 Å². The number of aliphatic hydroxyl groups excluding tert-OH is 1. The van der Waals surface area contributed by atoms with E-state index in [1.807, 2.05) is 30.5 Å². The highest BCUT2D eigenvalue weighted by atomic mass is 16.5. The first-order chi connectivity index (χ1) is 15.2. The van der Waals surface area contributed by atoms with Gasteiger partial charge in [0.1, 0.15) is 24.2 Å². The lowest BCUT2D eigenvalue weighted by atomic mass is 10.1. The second kappa shape index (κ2) is 9.20. The minimum Gasteiger partial charge on any atom is -0.484 e. The van der Waals surface area contributed by atoms with E-state index >= 15 is 0 Å². The predicted molar refractivity (Wildman–Crippen MR) is 115 cm³/mol. The number of para-hydroxylation sites is 2. The summed E-state index contributed by atoms with van der Waals surface area (Å²) < 4.78 is 11.2. The van der Waals surface area contributed by atoms with Gasteiger partial charge in [-0.25, -0.2) is 0 Å². The number of H-pyrrole nitrogens is 1. The maximum absolute atomic E-state index is 12.6. The minimum atomic E-state index is -0.459. The molecule has 0 bridgehead atoms. The van der Waals surface area contributed by atoms with Gasteiger partial charge in [-0.3, -0.25) is 4.79 Å². The van der Waals surface area contributed by atoms with Crippen molar-refractivity contribution in [3.63, 3.8) is 0 Å². The molecule has 2 heterocycles. The fourth-order valence-corrected chi connectivity index (χ4v) is 3.39. The van der Waals surface area contributed by atoms with Crippen LogP contribution in [0.25, 0.3) is 10.9 Å². The van der Waals surface area contributed by atoms with Crippen LogP contribution < -0.4 is 10.1 Å². The third kappa shape index (κ3) is 4.60. The van der Waals surface area contributed by atoms with Crippen LogP contribution in [0.1, 0.15) is 27.4 Å². The zero-order chi connectivity index (χ0) is 21.6. The Hall–Kier alpha value is -4.02. The van der Waals surface area contributed by atoms with Crippen LogP contribution in [0.4, 0.5) is 0 Å². The van der Waals surface area contributed by atoms with Crippen LogP contribution in [-0.4, -0.2) is 28.6 Å². The van der Waals surface area contributed by atoms with Crippen molar-refractivity contribution in [3.05, 3.63) is 89.5 Å². The molecule has 4 rings (SSSR count). The van der Waals surface area contributed by atoms with E-state index in [4.69, 9.17) is 14.4 Å². The molecule has 7 nitrogen and oxygen atoms in total. The normalized spacial score (nSPS) is 11.7. The highest BCUT2D eigenvalue weighted by Crippen LogP contribution is 2.20. The Kier molecular flexibility index (Phi) is 6.01. The molecule has 0 fully saturated rings. The monoisotopic (exact) mass is 415 g/mol. The van der Waals surface area contributed by atoms with Crippen molar-refractivity contribution in [1.82, 2.24) is 10.3 Å². The van der Waals surface area contributed by atoms with E-state index in [0.717, 1.165) is 16.5 Å². The minimum absolute atomic E-state index is 0.0880. The Morgan fingerprint density at radius 3 is 2.81 bits per heavy atom. The van der Waals surface area contributed by atoms with Crippen LogP contribution in [0.3, 0.4) is 0 Å².